The third kappa shape index (κ3) is 5.34. The Bertz CT molecular complexity index is 818. The van der Waals surface area contributed by atoms with Crippen molar-refractivity contribution in [3.8, 4) is 11.5 Å². The summed E-state index contributed by atoms with van der Waals surface area (Å²) in [4.78, 5) is 23.8. The normalized spacial score (nSPS) is 10.4. The number of nitrogens with zero attached hydrogens (tertiary/aromatic N) is 1. The molecule has 0 unspecified atom stereocenters. The fraction of sp³-hybridized carbons (Fsp3) is 0.211. The van der Waals surface area contributed by atoms with Crippen LogP contribution in [0.4, 0.5) is 5.69 Å². The lowest BCUT2D eigenvalue weighted by Crippen LogP contribution is -2.24. The lowest BCUT2D eigenvalue weighted by molar-refractivity contribution is -0.126. The first kappa shape index (κ1) is 19.0. The minimum atomic E-state index is -0.519. The number of hydrazone groups is 1. The number of rotatable bonds is 7. The molecular weight excluding hydrogens is 334 g/mol. The molecule has 2 aromatic rings. The van der Waals surface area contributed by atoms with Crippen molar-refractivity contribution in [3.63, 3.8) is 0 Å². The van der Waals surface area contributed by atoms with Gasteiger partial charge in [0.1, 0.15) is 17.9 Å². The van der Waals surface area contributed by atoms with Gasteiger partial charge in [0.05, 0.1) is 20.4 Å². The van der Waals surface area contributed by atoms with E-state index in [9.17, 15) is 9.59 Å². The predicted octanol–water partition coefficient (Wildman–Crippen LogP) is 2.49. The number of ether oxygens (including phenoxy) is 2. The highest BCUT2D eigenvalue weighted by Crippen LogP contribution is 2.22. The van der Waals surface area contributed by atoms with Gasteiger partial charge in [0.15, 0.2) is 0 Å². The Morgan fingerprint density at radius 1 is 1.08 bits per heavy atom. The number of benzene rings is 2. The van der Waals surface area contributed by atoms with Crippen LogP contribution in [0.1, 0.15) is 17.5 Å². The fourth-order valence-electron chi connectivity index (χ4n) is 2.21. The van der Waals surface area contributed by atoms with E-state index in [0.717, 1.165) is 5.56 Å². The molecule has 7 heteroatoms. The van der Waals surface area contributed by atoms with Crippen molar-refractivity contribution in [1.82, 2.24) is 5.43 Å². The molecule has 0 aliphatic carbocycles. The molecule has 0 aromatic heterocycles. The van der Waals surface area contributed by atoms with Crippen molar-refractivity contribution >= 4 is 23.7 Å². The van der Waals surface area contributed by atoms with Crippen LogP contribution in [-0.2, 0) is 9.59 Å². The number of anilines is 1. The number of nitrogens with one attached hydrogen (secondary N) is 2. The maximum absolute atomic E-state index is 11.9. The van der Waals surface area contributed by atoms with Gasteiger partial charge in [-0.05, 0) is 36.8 Å². The van der Waals surface area contributed by atoms with Gasteiger partial charge in [0, 0.05) is 11.3 Å². The van der Waals surface area contributed by atoms with Crippen LogP contribution >= 0.6 is 0 Å². The minimum Gasteiger partial charge on any atom is -0.497 e. The van der Waals surface area contributed by atoms with Gasteiger partial charge in [-0.25, -0.2) is 5.43 Å². The molecule has 0 radical (unpaired) electrons. The summed E-state index contributed by atoms with van der Waals surface area (Å²) in [5, 5.41) is 6.56. The highest BCUT2D eigenvalue weighted by molar-refractivity contribution is 6.04. The molecule has 2 rings (SSSR count). The molecule has 0 fully saturated rings. The standard InChI is InChI=1S/C19H21N3O4/c1-13-6-4-5-7-16(13)21-18(23)11-19(24)22-20-12-14-10-15(25-2)8-9-17(14)26-3/h4-10,12H,11H2,1-3H3,(H,21,23)(H,22,24). The number of aryl methyl sites for hydroxylation is 1. The Kier molecular flexibility index (Phi) is 6.73. The zero-order chi connectivity index (χ0) is 18.9. The molecule has 2 amide bonds. The number of carbonyl (C=O) groups excluding carboxylic acids is 2. The summed E-state index contributed by atoms with van der Waals surface area (Å²) < 4.78 is 10.4. The Labute approximate surface area is 152 Å². The highest BCUT2D eigenvalue weighted by Gasteiger charge is 2.10. The molecule has 2 aromatic carbocycles. The second kappa shape index (κ2) is 9.22. The van der Waals surface area contributed by atoms with E-state index in [-0.39, 0.29) is 6.42 Å². The Morgan fingerprint density at radius 2 is 1.85 bits per heavy atom. The van der Waals surface area contributed by atoms with E-state index >= 15 is 0 Å². The number of para-hydroxylation sites is 1. The Balaban J connectivity index is 1.91. The van der Waals surface area contributed by atoms with E-state index in [4.69, 9.17) is 9.47 Å². The topological polar surface area (TPSA) is 89.0 Å². The maximum atomic E-state index is 11.9. The predicted molar refractivity (Wildman–Crippen MR) is 99.7 cm³/mol. The van der Waals surface area contributed by atoms with E-state index in [2.05, 4.69) is 15.8 Å². The second-order valence-electron chi connectivity index (χ2n) is 5.44. The molecule has 0 saturated carbocycles. The van der Waals surface area contributed by atoms with Gasteiger partial charge in [-0.2, -0.15) is 5.10 Å². The van der Waals surface area contributed by atoms with Gasteiger partial charge in [0.2, 0.25) is 11.8 Å². The molecule has 0 spiro atoms. The highest BCUT2D eigenvalue weighted by atomic mass is 16.5. The zero-order valence-corrected chi connectivity index (χ0v) is 14.9. The van der Waals surface area contributed by atoms with E-state index in [1.165, 1.54) is 13.3 Å². The third-order valence-corrected chi connectivity index (χ3v) is 3.57. The lowest BCUT2D eigenvalue weighted by atomic mass is 10.2. The largest absolute Gasteiger partial charge is 0.497 e. The van der Waals surface area contributed by atoms with E-state index in [0.29, 0.717) is 22.7 Å². The molecule has 0 aliphatic rings. The summed E-state index contributed by atoms with van der Waals surface area (Å²) in [6.07, 6.45) is 1.10. The van der Waals surface area contributed by atoms with Crippen molar-refractivity contribution in [2.75, 3.05) is 19.5 Å². The summed E-state index contributed by atoms with van der Waals surface area (Å²) in [6.45, 7) is 1.88. The van der Waals surface area contributed by atoms with Gasteiger partial charge in [-0.1, -0.05) is 18.2 Å². The second-order valence-corrected chi connectivity index (χ2v) is 5.44. The molecule has 0 bridgehead atoms. The molecular formula is C19H21N3O4. The molecule has 26 heavy (non-hydrogen) atoms. The van der Waals surface area contributed by atoms with Crippen molar-refractivity contribution in [1.29, 1.82) is 0 Å². The van der Waals surface area contributed by atoms with Crippen molar-refractivity contribution in [2.24, 2.45) is 5.10 Å². The van der Waals surface area contributed by atoms with Crippen LogP contribution in [0.5, 0.6) is 11.5 Å². The summed E-state index contributed by atoms with van der Waals surface area (Å²) in [5.74, 6) is 0.289. The summed E-state index contributed by atoms with van der Waals surface area (Å²) in [7, 11) is 3.09. The number of methoxy groups -OCH3 is 2. The van der Waals surface area contributed by atoms with Gasteiger partial charge in [0.25, 0.3) is 0 Å². The van der Waals surface area contributed by atoms with Crippen LogP contribution in [0.2, 0.25) is 0 Å². The lowest BCUT2D eigenvalue weighted by Gasteiger charge is -2.08. The molecule has 2 N–H and O–H groups in total. The first-order valence-corrected chi connectivity index (χ1v) is 7.93. The van der Waals surface area contributed by atoms with E-state index in [1.807, 2.05) is 25.1 Å². The van der Waals surface area contributed by atoms with Crippen molar-refractivity contribution in [3.05, 3.63) is 53.6 Å². The minimum absolute atomic E-state index is 0.332. The first-order valence-electron chi connectivity index (χ1n) is 7.93. The summed E-state index contributed by atoms with van der Waals surface area (Å²) in [5.41, 5.74) is 4.56. The number of carbonyl (C=O) groups is 2. The van der Waals surface area contributed by atoms with Crippen LogP contribution in [-0.4, -0.2) is 32.2 Å². The van der Waals surface area contributed by atoms with Crippen molar-refractivity contribution < 1.29 is 19.1 Å². The molecule has 7 nitrogen and oxygen atoms in total. The third-order valence-electron chi connectivity index (χ3n) is 3.57. The quantitative estimate of drug-likeness (QED) is 0.454. The smallest absolute Gasteiger partial charge is 0.249 e. The number of hydrogen-bond donors (Lipinski definition) is 2. The average Bonchev–Trinajstić information content (AvgIpc) is 2.63. The Hall–Kier alpha value is -3.35. The van der Waals surface area contributed by atoms with Crippen LogP contribution in [0.3, 0.4) is 0 Å². The number of amides is 2. The fourth-order valence-corrected chi connectivity index (χ4v) is 2.21. The molecule has 0 saturated heterocycles. The monoisotopic (exact) mass is 355 g/mol. The maximum Gasteiger partial charge on any atom is 0.249 e. The first-order chi connectivity index (χ1) is 12.5. The summed E-state index contributed by atoms with van der Waals surface area (Å²) in [6, 6.07) is 12.6. The Morgan fingerprint density at radius 3 is 2.54 bits per heavy atom. The van der Waals surface area contributed by atoms with Gasteiger partial charge < -0.3 is 14.8 Å². The van der Waals surface area contributed by atoms with E-state index < -0.39 is 11.8 Å². The van der Waals surface area contributed by atoms with Crippen molar-refractivity contribution in [2.45, 2.75) is 13.3 Å². The number of hydrogen-bond acceptors (Lipinski definition) is 5. The molecule has 0 aliphatic heterocycles. The van der Waals surface area contributed by atoms with Gasteiger partial charge >= 0.3 is 0 Å². The van der Waals surface area contributed by atoms with E-state index in [1.54, 1.807) is 31.4 Å². The molecule has 0 atom stereocenters. The van der Waals surface area contributed by atoms with Crippen LogP contribution in [0, 0.1) is 6.92 Å². The van der Waals surface area contributed by atoms with Gasteiger partial charge in [-0.15, -0.1) is 0 Å². The SMILES string of the molecule is COc1ccc(OC)c(C=NNC(=O)CC(=O)Nc2ccccc2C)c1. The zero-order valence-electron chi connectivity index (χ0n) is 14.9. The summed E-state index contributed by atoms with van der Waals surface area (Å²) >= 11 is 0. The van der Waals surface area contributed by atoms with Crippen LogP contribution in [0.15, 0.2) is 47.6 Å². The van der Waals surface area contributed by atoms with Crippen LogP contribution in [0.25, 0.3) is 0 Å². The average molecular weight is 355 g/mol. The van der Waals surface area contributed by atoms with Crippen LogP contribution < -0.4 is 20.2 Å². The molecule has 136 valence electrons. The van der Waals surface area contributed by atoms with Gasteiger partial charge in [-0.3, -0.25) is 9.59 Å². The molecule has 0 heterocycles.